The molecule has 0 unspecified atom stereocenters. The Balaban J connectivity index is 1.57. The van der Waals surface area contributed by atoms with Gasteiger partial charge in [-0.25, -0.2) is 0 Å². The number of anilines is 1. The van der Waals surface area contributed by atoms with Crippen LogP contribution in [0.25, 0.3) is 22.5 Å². The van der Waals surface area contributed by atoms with Crippen molar-refractivity contribution >= 4 is 11.6 Å². The molecule has 0 aliphatic heterocycles. The summed E-state index contributed by atoms with van der Waals surface area (Å²) in [5.74, 6) is 0.478. The molecule has 4 rings (SSSR count). The number of hydrogen-bond acceptors (Lipinski definition) is 5. The molecule has 7 heteroatoms. The van der Waals surface area contributed by atoms with E-state index in [1.54, 1.807) is 31.0 Å². The van der Waals surface area contributed by atoms with Gasteiger partial charge in [-0.05, 0) is 49.7 Å². The average Bonchev–Trinajstić information content (AvgIpc) is 3.25. The highest BCUT2D eigenvalue weighted by Crippen LogP contribution is 2.24. The number of rotatable bonds is 5. The maximum absolute atomic E-state index is 12.7. The molecule has 0 bridgehead atoms. The van der Waals surface area contributed by atoms with Gasteiger partial charge in [0.1, 0.15) is 12.0 Å². The lowest BCUT2D eigenvalue weighted by molar-refractivity contribution is 0.102. The van der Waals surface area contributed by atoms with Crippen LogP contribution in [0.4, 0.5) is 5.69 Å². The fourth-order valence-corrected chi connectivity index (χ4v) is 3.03. The second-order valence-electron chi connectivity index (χ2n) is 6.86. The van der Waals surface area contributed by atoms with Crippen molar-refractivity contribution < 1.29 is 4.79 Å². The summed E-state index contributed by atoms with van der Waals surface area (Å²) < 4.78 is 1.99. The van der Waals surface area contributed by atoms with E-state index in [2.05, 4.69) is 39.3 Å². The molecule has 0 atom stereocenters. The van der Waals surface area contributed by atoms with E-state index < -0.39 is 0 Å². The largest absolute Gasteiger partial charge is 0.321 e. The number of nitrogens with one attached hydrogen (secondary N) is 1. The van der Waals surface area contributed by atoms with Crippen molar-refractivity contribution in [3.05, 3.63) is 79.1 Å². The van der Waals surface area contributed by atoms with Crippen LogP contribution in [0.2, 0.25) is 0 Å². The van der Waals surface area contributed by atoms with E-state index >= 15 is 0 Å². The topological polar surface area (TPSA) is 85.6 Å². The van der Waals surface area contributed by atoms with Gasteiger partial charge in [0.25, 0.3) is 5.91 Å². The predicted octanol–water partition coefficient (Wildman–Crippen LogP) is 4.24. The molecule has 4 aromatic rings. The summed E-state index contributed by atoms with van der Waals surface area (Å²) in [5, 5.41) is 11.1. The first kappa shape index (κ1) is 18.5. The first-order valence-electron chi connectivity index (χ1n) is 9.29. The van der Waals surface area contributed by atoms with Gasteiger partial charge in [-0.3, -0.25) is 14.8 Å². The number of hydrogen-bond donors (Lipinski definition) is 1. The SMILES string of the molecule is CC(C)n1cnnc1-c1cccc(NC(=O)c2cc(-c3cccnc3)ccn2)c1. The second-order valence-corrected chi connectivity index (χ2v) is 6.86. The van der Waals surface area contributed by atoms with Crippen LogP contribution in [-0.4, -0.2) is 30.6 Å². The zero-order chi connectivity index (χ0) is 20.2. The first-order valence-corrected chi connectivity index (χ1v) is 9.29. The zero-order valence-electron chi connectivity index (χ0n) is 16.1. The van der Waals surface area contributed by atoms with Crippen molar-refractivity contribution in [3.8, 4) is 22.5 Å². The van der Waals surface area contributed by atoms with E-state index in [-0.39, 0.29) is 11.9 Å². The predicted molar refractivity (Wildman–Crippen MR) is 111 cm³/mol. The first-order chi connectivity index (χ1) is 14.1. The van der Waals surface area contributed by atoms with Gasteiger partial charge >= 0.3 is 0 Å². The zero-order valence-corrected chi connectivity index (χ0v) is 16.1. The van der Waals surface area contributed by atoms with E-state index in [9.17, 15) is 4.79 Å². The molecule has 7 nitrogen and oxygen atoms in total. The average molecular weight is 384 g/mol. The van der Waals surface area contributed by atoms with E-state index in [0.29, 0.717) is 11.4 Å². The molecular weight excluding hydrogens is 364 g/mol. The van der Waals surface area contributed by atoms with Crippen LogP contribution in [0.3, 0.4) is 0 Å². The van der Waals surface area contributed by atoms with Crippen LogP contribution in [-0.2, 0) is 0 Å². The van der Waals surface area contributed by atoms with Crippen molar-refractivity contribution in [1.29, 1.82) is 0 Å². The number of pyridine rings is 2. The van der Waals surface area contributed by atoms with Gasteiger partial charge < -0.3 is 9.88 Å². The Bertz CT molecular complexity index is 1140. The van der Waals surface area contributed by atoms with Crippen molar-refractivity contribution in [2.45, 2.75) is 19.9 Å². The molecule has 1 N–H and O–H groups in total. The summed E-state index contributed by atoms with van der Waals surface area (Å²) in [6, 6.07) is 15.2. The van der Waals surface area contributed by atoms with Crippen LogP contribution in [0.5, 0.6) is 0 Å². The number of aromatic nitrogens is 5. The summed E-state index contributed by atoms with van der Waals surface area (Å²) >= 11 is 0. The molecule has 0 radical (unpaired) electrons. The van der Waals surface area contributed by atoms with Crippen molar-refractivity contribution in [1.82, 2.24) is 24.7 Å². The van der Waals surface area contributed by atoms with E-state index in [4.69, 9.17) is 0 Å². The molecule has 3 heterocycles. The third kappa shape index (κ3) is 4.03. The molecule has 1 amide bonds. The molecule has 29 heavy (non-hydrogen) atoms. The Morgan fingerprint density at radius 3 is 2.66 bits per heavy atom. The third-order valence-corrected chi connectivity index (χ3v) is 4.50. The smallest absolute Gasteiger partial charge is 0.274 e. The lowest BCUT2D eigenvalue weighted by atomic mass is 10.1. The van der Waals surface area contributed by atoms with Gasteiger partial charge in [-0.1, -0.05) is 18.2 Å². The van der Waals surface area contributed by atoms with E-state index in [1.165, 1.54) is 0 Å². The van der Waals surface area contributed by atoms with Crippen LogP contribution in [0, 0.1) is 0 Å². The Morgan fingerprint density at radius 2 is 1.86 bits per heavy atom. The maximum Gasteiger partial charge on any atom is 0.274 e. The molecular formula is C22H20N6O. The minimum atomic E-state index is -0.279. The van der Waals surface area contributed by atoms with Crippen LogP contribution in [0.1, 0.15) is 30.4 Å². The summed E-state index contributed by atoms with van der Waals surface area (Å²) in [5.41, 5.74) is 3.70. The highest BCUT2D eigenvalue weighted by atomic mass is 16.1. The number of carbonyl (C=O) groups excluding carboxylic acids is 1. The molecule has 0 aliphatic rings. The van der Waals surface area contributed by atoms with Crippen LogP contribution >= 0.6 is 0 Å². The molecule has 0 spiro atoms. The Labute approximate surface area is 168 Å². The Kier molecular flexibility index (Phi) is 5.11. The molecule has 144 valence electrons. The lowest BCUT2D eigenvalue weighted by Crippen LogP contribution is -2.13. The van der Waals surface area contributed by atoms with Crippen molar-refractivity contribution in [2.75, 3.05) is 5.32 Å². The quantitative estimate of drug-likeness (QED) is 0.556. The summed E-state index contributed by atoms with van der Waals surface area (Å²) in [6.07, 6.45) is 6.80. The standard InChI is InChI=1S/C22H20N6O/c1-15(2)28-14-25-27-21(28)17-5-3-7-19(11-17)26-22(29)20-12-16(8-10-24-20)18-6-4-9-23-13-18/h3-15H,1-2H3,(H,26,29). The second kappa shape index (κ2) is 8.02. The van der Waals surface area contributed by atoms with Gasteiger partial charge in [-0.2, -0.15) is 0 Å². The van der Waals surface area contributed by atoms with Gasteiger partial charge in [0.05, 0.1) is 0 Å². The van der Waals surface area contributed by atoms with E-state index in [1.807, 2.05) is 47.0 Å². The fraction of sp³-hybridized carbons (Fsp3) is 0.136. The fourth-order valence-electron chi connectivity index (χ4n) is 3.03. The highest BCUT2D eigenvalue weighted by molar-refractivity contribution is 6.03. The monoisotopic (exact) mass is 384 g/mol. The Morgan fingerprint density at radius 1 is 1.00 bits per heavy atom. The number of benzene rings is 1. The van der Waals surface area contributed by atoms with Gasteiger partial charge in [0.2, 0.25) is 0 Å². The van der Waals surface area contributed by atoms with Gasteiger partial charge in [0.15, 0.2) is 5.82 Å². The molecule has 0 saturated carbocycles. The number of carbonyl (C=O) groups is 1. The molecule has 0 saturated heterocycles. The highest BCUT2D eigenvalue weighted by Gasteiger charge is 2.13. The lowest BCUT2D eigenvalue weighted by Gasteiger charge is -2.11. The molecule has 0 fully saturated rings. The maximum atomic E-state index is 12.7. The summed E-state index contributed by atoms with van der Waals surface area (Å²) in [4.78, 5) is 21.1. The number of nitrogens with zero attached hydrogens (tertiary/aromatic N) is 5. The number of amides is 1. The normalized spacial score (nSPS) is 10.9. The molecule has 3 aromatic heterocycles. The van der Waals surface area contributed by atoms with E-state index in [0.717, 1.165) is 22.5 Å². The molecule has 0 aliphatic carbocycles. The summed E-state index contributed by atoms with van der Waals surface area (Å²) in [6.45, 7) is 4.14. The van der Waals surface area contributed by atoms with Crippen LogP contribution in [0.15, 0.2) is 73.4 Å². The van der Waals surface area contributed by atoms with Gasteiger partial charge in [0, 0.05) is 41.4 Å². The minimum Gasteiger partial charge on any atom is -0.321 e. The van der Waals surface area contributed by atoms with Crippen molar-refractivity contribution in [2.24, 2.45) is 0 Å². The minimum absolute atomic E-state index is 0.234. The molecule has 1 aromatic carbocycles. The summed E-state index contributed by atoms with van der Waals surface area (Å²) in [7, 11) is 0. The third-order valence-electron chi connectivity index (χ3n) is 4.50. The Hall–Kier alpha value is -3.87. The van der Waals surface area contributed by atoms with Gasteiger partial charge in [-0.15, -0.1) is 10.2 Å². The van der Waals surface area contributed by atoms with Crippen molar-refractivity contribution in [3.63, 3.8) is 0 Å². The van der Waals surface area contributed by atoms with Crippen LogP contribution < -0.4 is 5.32 Å².